The number of fused-ring (bicyclic) bond motifs is 1. The topological polar surface area (TPSA) is 102 Å². The van der Waals surface area contributed by atoms with Gasteiger partial charge in [0, 0.05) is 36.0 Å². The summed E-state index contributed by atoms with van der Waals surface area (Å²) in [5.74, 6) is -1.09. The summed E-state index contributed by atoms with van der Waals surface area (Å²) in [5, 5.41) is 0. The summed E-state index contributed by atoms with van der Waals surface area (Å²) in [6.07, 6.45) is 1.49. The molecule has 8 nitrogen and oxygen atoms in total. The van der Waals surface area contributed by atoms with E-state index >= 15 is 0 Å². The molecule has 0 atom stereocenters. The molecular formula is C25H30N2O6S. The summed E-state index contributed by atoms with van der Waals surface area (Å²) in [4.78, 5) is 27.0. The molecule has 9 heteroatoms. The summed E-state index contributed by atoms with van der Waals surface area (Å²) in [6, 6.07) is 11.5. The van der Waals surface area contributed by atoms with Crippen molar-refractivity contribution in [3.63, 3.8) is 0 Å². The predicted octanol–water partition coefficient (Wildman–Crippen LogP) is 3.42. The number of sulfonamides is 1. The monoisotopic (exact) mass is 486 g/mol. The summed E-state index contributed by atoms with van der Waals surface area (Å²) < 4.78 is 38.1. The first-order valence-corrected chi connectivity index (χ1v) is 12.3. The van der Waals surface area contributed by atoms with Crippen molar-refractivity contribution < 1.29 is 27.5 Å². The highest BCUT2D eigenvalue weighted by molar-refractivity contribution is 7.89. The second-order valence-corrected chi connectivity index (χ2v) is 10.6. The molecule has 2 aromatic carbocycles. The van der Waals surface area contributed by atoms with Gasteiger partial charge in [0.1, 0.15) is 10.6 Å². The van der Waals surface area contributed by atoms with Gasteiger partial charge in [-0.25, -0.2) is 17.9 Å². The quantitative estimate of drug-likeness (QED) is 0.451. The zero-order valence-corrected chi connectivity index (χ0v) is 21.0. The van der Waals surface area contributed by atoms with E-state index < -0.39 is 22.6 Å². The molecule has 1 aliphatic rings. The van der Waals surface area contributed by atoms with E-state index in [0.29, 0.717) is 0 Å². The van der Waals surface area contributed by atoms with Crippen molar-refractivity contribution in [2.75, 3.05) is 25.7 Å². The Balaban J connectivity index is 1.76. The van der Waals surface area contributed by atoms with Crippen LogP contribution >= 0.6 is 0 Å². The van der Waals surface area contributed by atoms with Crippen LogP contribution in [0.4, 0.5) is 5.69 Å². The molecule has 0 bridgehead atoms. The van der Waals surface area contributed by atoms with Crippen LogP contribution < -0.4 is 14.4 Å². The third kappa shape index (κ3) is 5.00. The largest absolute Gasteiger partial charge is 0.495 e. The normalized spacial score (nSPS) is 16.0. The maximum Gasteiger partial charge on any atom is 0.338 e. The molecule has 34 heavy (non-hydrogen) atoms. The van der Waals surface area contributed by atoms with Gasteiger partial charge in [-0.15, -0.1) is 0 Å². The van der Waals surface area contributed by atoms with Crippen molar-refractivity contribution in [3.05, 3.63) is 65.4 Å². The van der Waals surface area contributed by atoms with Crippen molar-refractivity contribution in [2.45, 2.75) is 44.0 Å². The molecule has 3 rings (SSSR count). The molecule has 0 saturated heterocycles. The number of carbonyl (C=O) groups is 2. The van der Waals surface area contributed by atoms with Gasteiger partial charge < -0.3 is 14.4 Å². The van der Waals surface area contributed by atoms with Crippen molar-refractivity contribution in [3.8, 4) is 5.75 Å². The highest BCUT2D eigenvalue weighted by atomic mass is 32.2. The van der Waals surface area contributed by atoms with E-state index in [9.17, 15) is 18.0 Å². The number of esters is 1. The highest BCUT2D eigenvalue weighted by Crippen LogP contribution is 2.46. The lowest BCUT2D eigenvalue weighted by Crippen LogP contribution is -2.30. The molecule has 182 valence electrons. The first kappa shape index (κ1) is 25.5. The second kappa shape index (κ2) is 9.60. The molecule has 0 unspecified atom stereocenters. The number of nitrogens with one attached hydrogen (secondary N) is 1. The van der Waals surface area contributed by atoms with Gasteiger partial charge in [0.15, 0.2) is 12.4 Å². The Morgan fingerprint density at radius 3 is 2.44 bits per heavy atom. The van der Waals surface area contributed by atoms with E-state index in [1.54, 1.807) is 13.8 Å². The van der Waals surface area contributed by atoms with Crippen molar-refractivity contribution in [1.82, 2.24) is 4.72 Å². The Morgan fingerprint density at radius 2 is 1.82 bits per heavy atom. The molecule has 0 radical (unpaired) electrons. The van der Waals surface area contributed by atoms with E-state index in [4.69, 9.17) is 9.47 Å². The number of likely N-dealkylation sites (N-methyl/N-ethyl adjacent to an activating group) is 1. The molecular weight excluding hydrogens is 456 g/mol. The van der Waals surface area contributed by atoms with Crippen LogP contribution in [0.2, 0.25) is 0 Å². The lowest BCUT2D eigenvalue weighted by molar-refractivity contribution is -0.117. The van der Waals surface area contributed by atoms with Gasteiger partial charge in [0.25, 0.3) is 0 Å². The van der Waals surface area contributed by atoms with Gasteiger partial charge in [-0.1, -0.05) is 32.0 Å². The number of allylic oxidation sites excluding steroid dienone is 1. The number of hydrogen-bond acceptors (Lipinski definition) is 7. The summed E-state index contributed by atoms with van der Waals surface area (Å²) in [7, 11) is -0.682. The summed E-state index contributed by atoms with van der Waals surface area (Å²) >= 11 is 0. The number of methoxy groups -OCH3 is 1. The van der Waals surface area contributed by atoms with Gasteiger partial charge in [0.2, 0.25) is 10.0 Å². The maximum atomic E-state index is 12.7. The van der Waals surface area contributed by atoms with E-state index in [-0.39, 0.29) is 33.4 Å². The average Bonchev–Trinajstić information content (AvgIpc) is 2.97. The van der Waals surface area contributed by atoms with Crippen LogP contribution in [0, 0.1) is 0 Å². The van der Waals surface area contributed by atoms with E-state index in [1.807, 2.05) is 50.1 Å². The Hall–Kier alpha value is -3.17. The van der Waals surface area contributed by atoms with Crippen LogP contribution in [0.15, 0.2) is 59.1 Å². The van der Waals surface area contributed by atoms with E-state index in [1.165, 1.54) is 31.4 Å². The van der Waals surface area contributed by atoms with E-state index in [0.717, 1.165) is 16.9 Å². The molecule has 1 N–H and O–H groups in total. The van der Waals surface area contributed by atoms with Gasteiger partial charge >= 0.3 is 5.97 Å². The Bertz CT molecular complexity index is 1250. The van der Waals surface area contributed by atoms with Crippen molar-refractivity contribution >= 4 is 27.5 Å². The van der Waals surface area contributed by atoms with Gasteiger partial charge in [-0.3, -0.25) is 4.79 Å². The number of anilines is 1. The predicted molar refractivity (Wildman–Crippen MR) is 130 cm³/mol. The number of nitrogens with zero attached hydrogens (tertiary/aromatic N) is 1. The van der Waals surface area contributed by atoms with E-state index in [2.05, 4.69) is 4.72 Å². The average molecular weight is 487 g/mol. The SMILES string of the molecule is COc1ccc(C(=O)OCC(=O)/C=C2/N(C)c3ccccc3C2(C)C)cc1S(=O)(=O)NC(C)C. The van der Waals surface area contributed by atoms with Crippen LogP contribution in [-0.4, -0.2) is 47.0 Å². The number of rotatable bonds is 8. The number of ether oxygens (including phenoxy) is 2. The Labute approximate surface area is 200 Å². The minimum Gasteiger partial charge on any atom is -0.495 e. The van der Waals surface area contributed by atoms with Gasteiger partial charge in [-0.2, -0.15) is 0 Å². The lowest BCUT2D eigenvalue weighted by Gasteiger charge is -2.23. The number of para-hydroxylation sites is 1. The fourth-order valence-corrected chi connectivity index (χ4v) is 5.51. The van der Waals surface area contributed by atoms with Crippen molar-refractivity contribution in [1.29, 1.82) is 0 Å². The van der Waals surface area contributed by atoms with Crippen LogP contribution in [-0.2, 0) is 25.0 Å². The Morgan fingerprint density at radius 1 is 1.15 bits per heavy atom. The molecule has 1 aliphatic heterocycles. The third-order valence-corrected chi connectivity index (χ3v) is 7.34. The zero-order valence-electron chi connectivity index (χ0n) is 20.2. The zero-order chi connectivity index (χ0) is 25.3. The molecule has 0 aromatic heterocycles. The maximum absolute atomic E-state index is 12.7. The Kier molecular flexibility index (Phi) is 7.18. The molecule has 0 fully saturated rings. The van der Waals surface area contributed by atoms with Crippen LogP contribution in [0.5, 0.6) is 5.75 Å². The van der Waals surface area contributed by atoms with Gasteiger partial charge in [-0.05, 0) is 43.7 Å². The molecule has 1 heterocycles. The number of ketones is 1. The lowest BCUT2D eigenvalue weighted by atomic mass is 9.83. The molecule has 2 aromatic rings. The summed E-state index contributed by atoms with van der Waals surface area (Å²) in [6.45, 7) is 6.96. The van der Waals surface area contributed by atoms with Crippen molar-refractivity contribution in [2.24, 2.45) is 0 Å². The molecule has 0 amide bonds. The summed E-state index contributed by atoms with van der Waals surface area (Å²) in [5.41, 5.74) is 2.54. The first-order valence-electron chi connectivity index (χ1n) is 10.8. The van der Waals surface area contributed by atoms with Gasteiger partial charge in [0.05, 0.1) is 12.7 Å². The number of benzene rings is 2. The standard InChI is InChI=1S/C25H30N2O6S/c1-16(2)26-34(30,31)22-13-17(11-12-21(22)32-6)24(29)33-15-18(28)14-23-25(3,4)19-9-7-8-10-20(19)27(23)5/h7-14,16,26H,15H2,1-6H3/b23-14+. The number of carbonyl (C=O) groups excluding carboxylic acids is 2. The fraction of sp³-hybridized carbons (Fsp3) is 0.360. The second-order valence-electron chi connectivity index (χ2n) is 8.91. The highest BCUT2D eigenvalue weighted by Gasteiger charge is 2.38. The minimum atomic E-state index is -3.92. The molecule has 0 spiro atoms. The first-order chi connectivity index (χ1) is 15.9. The van der Waals surface area contributed by atoms with Crippen LogP contribution in [0.25, 0.3) is 0 Å². The number of hydrogen-bond donors (Lipinski definition) is 1. The van der Waals surface area contributed by atoms with Crippen LogP contribution in [0.3, 0.4) is 0 Å². The fourth-order valence-electron chi connectivity index (χ4n) is 4.06. The third-order valence-electron chi connectivity index (χ3n) is 5.66. The minimum absolute atomic E-state index is 0.00361. The molecule has 0 saturated carbocycles. The smallest absolute Gasteiger partial charge is 0.338 e. The van der Waals surface area contributed by atoms with Crippen LogP contribution in [0.1, 0.15) is 43.6 Å². The molecule has 0 aliphatic carbocycles.